The lowest BCUT2D eigenvalue weighted by Gasteiger charge is -2.44. The lowest BCUT2D eigenvalue weighted by molar-refractivity contribution is 0.0281. The van der Waals surface area contributed by atoms with Gasteiger partial charge in [-0.05, 0) is 72.5 Å². The molecule has 0 aromatic carbocycles. The van der Waals surface area contributed by atoms with Crippen LogP contribution in [0.2, 0.25) is 0 Å². The van der Waals surface area contributed by atoms with Crippen LogP contribution < -0.4 is 0 Å². The first-order valence-electron chi connectivity index (χ1n) is 9.72. The van der Waals surface area contributed by atoms with Gasteiger partial charge in [0, 0.05) is 39.2 Å². The zero-order valence-electron chi connectivity index (χ0n) is 15.1. The number of hydrogen-bond donors (Lipinski definition) is 0. The summed E-state index contributed by atoms with van der Waals surface area (Å²) in [5, 5.41) is 4.50. The first-order chi connectivity index (χ1) is 11.8. The molecule has 134 valence electrons. The quantitative estimate of drug-likeness (QED) is 0.779. The van der Waals surface area contributed by atoms with Crippen LogP contribution in [0.4, 0.5) is 0 Å². The molecule has 0 N–H and O–H groups in total. The Labute approximate surface area is 151 Å². The number of hydrogen-bond acceptors (Lipinski definition) is 4. The molecular weight excluding hydrogens is 316 g/mol. The average Bonchev–Trinajstić information content (AvgIpc) is 3.15. The Morgan fingerprint density at radius 1 is 1.25 bits per heavy atom. The van der Waals surface area contributed by atoms with Crippen LogP contribution in [0.15, 0.2) is 16.8 Å². The van der Waals surface area contributed by atoms with E-state index in [1.54, 1.807) is 0 Å². The van der Waals surface area contributed by atoms with E-state index in [4.69, 9.17) is 4.74 Å². The first kappa shape index (κ1) is 17.0. The summed E-state index contributed by atoms with van der Waals surface area (Å²) in [6.07, 6.45) is 7.16. The van der Waals surface area contributed by atoms with Gasteiger partial charge in [-0.1, -0.05) is 6.42 Å². The minimum Gasteiger partial charge on any atom is -0.384 e. The van der Waals surface area contributed by atoms with E-state index in [0.717, 1.165) is 19.1 Å². The van der Waals surface area contributed by atoms with Gasteiger partial charge in [-0.15, -0.1) is 0 Å². The fourth-order valence-electron chi connectivity index (χ4n) is 5.12. The summed E-state index contributed by atoms with van der Waals surface area (Å²) in [5.74, 6) is 1.72. The highest BCUT2D eigenvalue weighted by Gasteiger charge is 2.47. The van der Waals surface area contributed by atoms with E-state index in [1.165, 1.54) is 70.4 Å². The number of ether oxygens (including phenoxy) is 1. The van der Waals surface area contributed by atoms with Gasteiger partial charge in [0.15, 0.2) is 0 Å². The van der Waals surface area contributed by atoms with Gasteiger partial charge in [0.2, 0.25) is 0 Å². The van der Waals surface area contributed by atoms with E-state index in [-0.39, 0.29) is 0 Å². The third-order valence-corrected chi connectivity index (χ3v) is 7.56. The SMILES string of the molecule is COCC1CN(Cc2ccsc2)CC12CCN(CC1CCC1)CC2. The van der Waals surface area contributed by atoms with Crippen LogP contribution in [-0.4, -0.2) is 56.2 Å². The number of likely N-dealkylation sites (tertiary alicyclic amines) is 2. The van der Waals surface area contributed by atoms with Gasteiger partial charge in [-0.25, -0.2) is 0 Å². The Kier molecular flexibility index (Phi) is 5.28. The van der Waals surface area contributed by atoms with Crippen LogP contribution in [0.5, 0.6) is 0 Å². The number of piperidine rings is 1. The van der Waals surface area contributed by atoms with Crippen molar-refractivity contribution in [1.29, 1.82) is 0 Å². The smallest absolute Gasteiger partial charge is 0.0508 e. The molecule has 3 heterocycles. The number of nitrogens with zero attached hydrogens (tertiary/aromatic N) is 2. The lowest BCUT2D eigenvalue weighted by atomic mass is 9.71. The van der Waals surface area contributed by atoms with Crippen molar-refractivity contribution in [2.75, 3.05) is 46.4 Å². The molecule has 1 unspecified atom stereocenters. The molecule has 0 amide bonds. The minimum absolute atomic E-state index is 0.502. The Bertz CT molecular complexity index is 506. The molecule has 2 saturated heterocycles. The highest BCUT2D eigenvalue weighted by Crippen LogP contribution is 2.45. The molecule has 1 saturated carbocycles. The molecule has 3 aliphatic rings. The minimum atomic E-state index is 0.502. The molecule has 1 aliphatic carbocycles. The van der Waals surface area contributed by atoms with Gasteiger partial charge in [0.1, 0.15) is 0 Å². The van der Waals surface area contributed by atoms with Crippen molar-refractivity contribution < 1.29 is 4.74 Å². The molecule has 4 heteroatoms. The average molecular weight is 349 g/mol. The highest BCUT2D eigenvalue weighted by molar-refractivity contribution is 7.07. The maximum atomic E-state index is 5.62. The predicted molar refractivity (Wildman–Crippen MR) is 100 cm³/mol. The molecule has 1 atom stereocenters. The highest BCUT2D eigenvalue weighted by atomic mass is 32.1. The zero-order valence-corrected chi connectivity index (χ0v) is 15.9. The standard InChI is InChI=1S/C20H32N2OS/c1-23-14-19-13-22(12-18-5-10-24-15-18)16-20(19)6-8-21(9-7-20)11-17-3-2-4-17/h5,10,15,17,19H,2-4,6-9,11-14,16H2,1H3. The molecule has 0 radical (unpaired) electrons. The second-order valence-electron chi connectivity index (χ2n) is 8.41. The second-order valence-corrected chi connectivity index (χ2v) is 9.19. The summed E-state index contributed by atoms with van der Waals surface area (Å²) in [4.78, 5) is 5.44. The zero-order chi connectivity index (χ0) is 16.4. The van der Waals surface area contributed by atoms with Crippen LogP contribution in [0, 0.1) is 17.3 Å². The Balaban J connectivity index is 1.36. The molecule has 24 heavy (non-hydrogen) atoms. The second kappa shape index (κ2) is 7.45. The van der Waals surface area contributed by atoms with Crippen molar-refractivity contribution >= 4 is 11.3 Å². The molecule has 3 fully saturated rings. The molecule has 3 nitrogen and oxygen atoms in total. The summed E-state index contributed by atoms with van der Waals surface area (Å²) < 4.78 is 5.62. The summed E-state index contributed by atoms with van der Waals surface area (Å²) in [6, 6.07) is 2.28. The molecule has 1 aromatic heterocycles. The Morgan fingerprint density at radius 2 is 2.08 bits per heavy atom. The fourth-order valence-corrected chi connectivity index (χ4v) is 5.78. The number of thiophene rings is 1. The van der Waals surface area contributed by atoms with Crippen molar-refractivity contribution in [2.45, 2.75) is 38.6 Å². The molecule has 2 aliphatic heterocycles. The van der Waals surface area contributed by atoms with Crippen LogP contribution in [0.3, 0.4) is 0 Å². The summed E-state index contributed by atoms with van der Waals surface area (Å²) in [6.45, 7) is 8.52. The third kappa shape index (κ3) is 3.57. The van der Waals surface area contributed by atoms with Crippen LogP contribution >= 0.6 is 11.3 Å². The van der Waals surface area contributed by atoms with E-state index in [0.29, 0.717) is 11.3 Å². The molecule has 1 spiro atoms. The van der Waals surface area contributed by atoms with Gasteiger partial charge < -0.3 is 9.64 Å². The van der Waals surface area contributed by atoms with Gasteiger partial charge in [-0.2, -0.15) is 11.3 Å². The third-order valence-electron chi connectivity index (χ3n) is 6.83. The Morgan fingerprint density at radius 3 is 2.71 bits per heavy atom. The van der Waals surface area contributed by atoms with E-state index < -0.39 is 0 Å². The maximum Gasteiger partial charge on any atom is 0.0508 e. The van der Waals surface area contributed by atoms with Crippen molar-refractivity contribution in [3.63, 3.8) is 0 Å². The molecule has 1 aromatic rings. The van der Waals surface area contributed by atoms with Crippen molar-refractivity contribution in [2.24, 2.45) is 17.3 Å². The molecular formula is C20H32N2OS. The van der Waals surface area contributed by atoms with E-state index in [1.807, 2.05) is 18.4 Å². The van der Waals surface area contributed by atoms with E-state index in [2.05, 4.69) is 26.6 Å². The van der Waals surface area contributed by atoms with Gasteiger partial charge >= 0.3 is 0 Å². The fraction of sp³-hybridized carbons (Fsp3) is 0.800. The summed E-state index contributed by atoms with van der Waals surface area (Å²) >= 11 is 1.82. The van der Waals surface area contributed by atoms with E-state index in [9.17, 15) is 0 Å². The van der Waals surface area contributed by atoms with Crippen molar-refractivity contribution in [3.8, 4) is 0 Å². The normalized spacial score (nSPS) is 28.5. The Hall–Kier alpha value is -0.420. The lowest BCUT2D eigenvalue weighted by Crippen LogP contribution is -2.46. The number of rotatable bonds is 6. The van der Waals surface area contributed by atoms with Crippen LogP contribution in [-0.2, 0) is 11.3 Å². The van der Waals surface area contributed by atoms with Crippen LogP contribution in [0.1, 0.15) is 37.7 Å². The summed E-state index contributed by atoms with van der Waals surface area (Å²) in [7, 11) is 1.88. The van der Waals surface area contributed by atoms with Gasteiger partial charge in [-0.3, -0.25) is 4.90 Å². The molecule has 4 rings (SSSR count). The van der Waals surface area contributed by atoms with Gasteiger partial charge in [0.05, 0.1) is 6.61 Å². The van der Waals surface area contributed by atoms with E-state index >= 15 is 0 Å². The first-order valence-corrected chi connectivity index (χ1v) is 10.7. The predicted octanol–water partition coefficient (Wildman–Crippen LogP) is 3.71. The molecule has 0 bridgehead atoms. The van der Waals surface area contributed by atoms with Crippen molar-refractivity contribution in [1.82, 2.24) is 9.80 Å². The van der Waals surface area contributed by atoms with Crippen LogP contribution in [0.25, 0.3) is 0 Å². The largest absolute Gasteiger partial charge is 0.384 e. The topological polar surface area (TPSA) is 15.7 Å². The monoisotopic (exact) mass is 348 g/mol. The van der Waals surface area contributed by atoms with Gasteiger partial charge in [0.25, 0.3) is 0 Å². The number of methoxy groups -OCH3 is 1. The van der Waals surface area contributed by atoms with Crippen molar-refractivity contribution in [3.05, 3.63) is 22.4 Å². The summed E-state index contributed by atoms with van der Waals surface area (Å²) in [5.41, 5.74) is 1.98. The maximum absolute atomic E-state index is 5.62.